The quantitative estimate of drug-likeness (QED) is 0.552. The van der Waals surface area contributed by atoms with Crippen LogP contribution in [-0.4, -0.2) is 44.3 Å². The fourth-order valence-corrected chi connectivity index (χ4v) is 9.59. The highest BCUT2D eigenvalue weighted by atomic mass is 19.3. The van der Waals surface area contributed by atoms with Crippen LogP contribution in [0.15, 0.2) is 18.2 Å². The Balaban J connectivity index is 1.04. The van der Waals surface area contributed by atoms with Crippen LogP contribution in [0.3, 0.4) is 0 Å². The number of aromatic nitrogens is 3. The van der Waals surface area contributed by atoms with Crippen LogP contribution in [0.1, 0.15) is 64.7 Å². The van der Waals surface area contributed by atoms with Gasteiger partial charge in [-0.3, -0.25) is 0 Å². The van der Waals surface area contributed by atoms with Gasteiger partial charge in [-0.2, -0.15) is 0 Å². The number of aliphatic hydroxyl groups is 1. The molecule has 1 aromatic heterocycles. The normalized spacial score (nSPS) is 45.9. The molecule has 1 N–H and O–H groups in total. The van der Waals surface area contributed by atoms with Gasteiger partial charge in [0.2, 0.25) is 0 Å². The number of nitrogens with zero attached hydrogens (tertiary/aromatic N) is 3. The van der Waals surface area contributed by atoms with E-state index in [1.807, 2.05) is 0 Å². The van der Waals surface area contributed by atoms with Gasteiger partial charge in [-0.1, -0.05) is 12.1 Å². The van der Waals surface area contributed by atoms with Crippen molar-refractivity contribution >= 4 is 11.0 Å². The fourth-order valence-electron chi connectivity index (χ4n) is 9.59. The lowest BCUT2D eigenvalue weighted by Crippen LogP contribution is -2.52. The van der Waals surface area contributed by atoms with E-state index in [4.69, 9.17) is 4.74 Å². The van der Waals surface area contributed by atoms with E-state index in [-0.39, 0.29) is 42.2 Å². The number of hydrogen-bond donors (Lipinski definition) is 1. The predicted octanol–water partition coefficient (Wildman–Crippen LogP) is 5.60. The molecule has 196 valence electrons. The highest BCUT2D eigenvalue weighted by Gasteiger charge is 2.62. The van der Waals surface area contributed by atoms with Gasteiger partial charge in [0.05, 0.1) is 18.2 Å². The Bertz CT molecular complexity index is 1160. The van der Waals surface area contributed by atoms with Crippen LogP contribution >= 0.6 is 0 Å². The zero-order valence-corrected chi connectivity index (χ0v) is 20.8. The summed E-state index contributed by atoms with van der Waals surface area (Å²) in [5.41, 5.74) is -0.106. The Morgan fingerprint density at radius 3 is 2.69 bits per heavy atom. The Morgan fingerprint density at radius 1 is 1.06 bits per heavy atom. The molecule has 2 heterocycles. The van der Waals surface area contributed by atoms with Crippen molar-refractivity contribution in [3.05, 3.63) is 24.0 Å². The molecule has 4 aliphatic carbocycles. The third-order valence-electron chi connectivity index (χ3n) is 11.4. The van der Waals surface area contributed by atoms with E-state index in [1.54, 1.807) is 10.7 Å². The smallest absolute Gasteiger partial charge is 0.266 e. The SMILES string of the molecule is C[C@]12CC[C@H]3[C@@H](CC[C@@H]4C[C@@](O)(C(F)F)CC[C@@H]43)[C@@H]1CC[C@@H]2C1O[C@@H]1Cn1nnc2ccc(F)cc21. The second-order valence-corrected chi connectivity index (χ2v) is 12.9. The summed E-state index contributed by atoms with van der Waals surface area (Å²) in [5.74, 6) is 2.95. The molecule has 1 aliphatic heterocycles. The van der Waals surface area contributed by atoms with E-state index in [9.17, 15) is 18.3 Å². The molecule has 36 heavy (non-hydrogen) atoms. The second kappa shape index (κ2) is 8.16. The average molecular weight is 504 g/mol. The van der Waals surface area contributed by atoms with Gasteiger partial charge in [-0.25, -0.2) is 17.9 Å². The van der Waals surface area contributed by atoms with E-state index in [0.29, 0.717) is 47.2 Å². The van der Waals surface area contributed by atoms with Gasteiger partial charge >= 0.3 is 0 Å². The minimum atomic E-state index is -2.64. The number of alkyl halides is 2. The summed E-state index contributed by atoms with van der Waals surface area (Å²) in [6, 6.07) is 4.56. The Kier molecular flexibility index (Phi) is 5.32. The van der Waals surface area contributed by atoms with E-state index >= 15 is 0 Å². The lowest BCUT2D eigenvalue weighted by Gasteiger charge is -2.57. The van der Waals surface area contributed by atoms with Gasteiger partial charge in [0.1, 0.15) is 23.0 Å². The Morgan fingerprint density at radius 2 is 1.86 bits per heavy atom. The number of ether oxygens (including phenoxy) is 1. The molecule has 8 heteroatoms. The molecular formula is C28H36F3N3O2. The van der Waals surface area contributed by atoms with Crippen molar-refractivity contribution in [1.82, 2.24) is 15.0 Å². The van der Waals surface area contributed by atoms with Gasteiger partial charge in [0, 0.05) is 6.07 Å². The summed E-state index contributed by atoms with van der Waals surface area (Å²) < 4.78 is 48.8. The molecule has 0 radical (unpaired) electrons. The maximum absolute atomic E-state index is 13.8. The molecule has 0 amide bonds. The van der Waals surface area contributed by atoms with E-state index in [0.717, 1.165) is 19.3 Å². The summed E-state index contributed by atoms with van der Waals surface area (Å²) >= 11 is 0. The molecule has 1 saturated heterocycles. The van der Waals surface area contributed by atoms with Gasteiger partial charge in [-0.05, 0) is 111 Å². The highest BCUT2D eigenvalue weighted by Crippen LogP contribution is 2.66. The van der Waals surface area contributed by atoms with Gasteiger partial charge < -0.3 is 9.84 Å². The van der Waals surface area contributed by atoms with E-state index in [2.05, 4.69) is 17.2 Å². The van der Waals surface area contributed by atoms with Crippen LogP contribution in [0.2, 0.25) is 0 Å². The minimum Gasteiger partial charge on any atom is -0.384 e. The van der Waals surface area contributed by atoms with Crippen LogP contribution in [0, 0.1) is 46.7 Å². The van der Waals surface area contributed by atoms with Crippen molar-refractivity contribution in [2.24, 2.45) is 40.9 Å². The number of benzene rings is 1. The second-order valence-electron chi connectivity index (χ2n) is 12.9. The summed E-state index contributed by atoms with van der Waals surface area (Å²) in [4.78, 5) is 0. The fraction of sp³-hybridized carbons (Fsp3) is 0.786. The maximum Gasteiger partial charge on any atom is 0.266 e. The standard InChI is InChI=1S/C28H36F3N3O2/c1-27-10-8-18-17-9-11-28(35,26(30)31)13-15(17)2-4-19(18)20(27)5-6-21(27)25-24(36-25)14-34-23-12-16(29)3-7-22(23)32-33-34/h3,7,12,15,17-21,24-26,35H,2,4-6,8-11,13-14H2,1H3/t15-,17+,18-,19-,20+,21-,24-,25?,27+,28-/m1/s1. The zero-order valence-electron chi connectivity index (χ0n) is 20.8. The molecule has 4 saturated carbocycles. The van der Waals surface area contributed by atoms with Crippen molar-refractivity contribution in [3.63, 3.8) is 0 Å². The van der Waals surface area contributed by atoms with Crippen LogP contribution in [-0.2, 0) is 11.3 Å². The average Bonchev–Trinajstić information content (AvgIpc) is 3.34. The van der Waals surface area contributed by atoms with Crippen LogP contribution < -0.4 is 0 Å². The number of halogens is 3. The number of fused-ring (bicyclic) bond motifs is 6. The molecule has 10 atom stereocenters. The summed E-state index contributed by atoms with van der Waals surface area (Å²) in [5, 5.41) is 18.9. The highest BCUT2D eigenvalue weighted by molar-refractivity contribution is 5.74. The summed E-state index contributed by atoms with van der Waals surface area (Å²) in [7, 11) is 0. The Hall–Kier alpha value is -1.67. The molecule has 5 aliphatic rings. The molecule has 2 aromatic rings. The van der Waals surface area contributed by atoms with Gasteiger partial charge in [0.25, 0.3) is 6.43 Å². The number of rotatable bonds is 4. The van der Waals surface area contributed by atoms with E-state index in [1.165, 1.54) is 37.8 Å². The Labute approximate surface area is 209 Å². The predicted molar refractivity (Wildman–Crippen MR) is 128 cm³/mol. The molecule has 7 rings (SSSR count). The molecule has 0 spiro atoms. The monoisotopic (exact) mass is 503 g/mol. The molecular weight excluding hydrogens is 467 g/mol. The van der Waals surface area contributed by atoms with Gasteiger partial charge in [0.15, 0.2) is 0 Å². The van der Waals surface area contributed by atoms with Crippen molar-refractivity contribution in [3.8, 4) is 0 Å². The molecule has 1 aromatic carbocycles. The van der Waals surface area contributed by atoms with Crippen molar-refractivity contribution in [2.45, 2.75) is 95.5 Å². The van der Waals surface area contributed by atoms with E-state index < -0.39 is 12.0 Å². The first-order valence-corrected chi connectivity index (χ1v) is 13.9. The number of hydrogen-bond acceptors (Lipinski definition) is 4. The first-order valence-electron chi connectivity index (χ1n) is 13.9. The summed E-state index contributed by atoms with van der Waals surface area (Å²) in [6.45, 7) is 3.08. The van der Waals surface area contributed by atoms with Gasteiger partial charge in [-0.15, -0.1) is 5.10 Å². The van der Waals surface area contributed by atoms with Crippen molar-refractivity contribution in [1.29, 1.82) is 0 Å². The largest absolute Gasteiger partial charge is 0.384 e. The third-order valence-corrected chi connectivity index (χ3v) is 11.4. The zero-order chi connectivity index (χ0) is 24.8. The first kappa shape index (κ1) is 23.4. The first-order chi connectivity index (χ1) is 17.3. The topological polar surface area (TPSA) is 63.5 Å². The lowest BCUT2D eigenvalue weighted by atomic mass is 9.49. The number of epoxide rings is 1. The lowest BCUT2D eigenvalue weighted by molar-refractivity contribution is -0.159. The minimum absolute atomic E-state index is 0.0950. The molecule has 0 bridgehead atoms. The molecule has 1 unspecified atom stereocenters. The summed E-state index contributed by atoms with van der Waals surface area (Å²) in [6.07, 6.45) is 5.81. The van der Waals surface area contributed by atoms with Crippen molar-refractivity contribution in [2.75, 3.05) is 0 Å². The van der Waals surface area contributed by atoms with Crippen LogP contribution in [0.5, 0.6) is 0 Å². The van der Waals surface area contributed by atoms with Crippen LogP contribution in [0.4, 0.5) is 13.2 Å². The molecule has 5 fully saturated rings. The van der Waals surface area contributed by atoms with Crippen molar-refractivity contribution < 1.29 is 23.0 Å². The molecule has 5 nitrogen and oxygen atoms in total. The van der Waals surface area contributed by atoms with Crippen LogP contribution in [0.25, 0.3) is 11.0 Å². The maximum atomic E-state index is 13.8. The third kappa shape index (κ3) is 3.49.